The Bertz CT molecular complexity index is 579. The first-order valence-electron chi connectivity index (χ1n) is 7.49. The van der Waals surface area contributed by atoms with Crippen molar-refractivity contribution in [2.75, 3.05) is 38.0 Å². The number of aromatic nitrogens is 1. The maximum atomic E-state index is 12.2. The molecule has 0 atom stereocenters. The Labute approximate surface area is 134 Å². The number of piperazine rings is 1. The molecular formula is C16H20N4OS. The first-order chi connectivity index (χ1) is 10.8. The van der Waals surface area contributed by atoms with Crippen molar-refractivity contribution in [3.05, 3.63) is 47.5 Å². The summed E-state index contributed by atoms with van der Waals surface area (Å²) in [5.74, 6) is 0.148. The highest BCUT2D eigenvalue weighted by atomic mass is 32.1. The van der Waals surface area contributed by atoms with Crippen LogP contribution in [0, 0.1) is 0 Å². The van der Waals surface area contributed by atoms with Crippen molar-refractivity contribution in [3.63, 3.8) is 0 Å². The number of hydrogen-bond acceptors (Lipinski definition) is 5. The summed E-state index contributed by atoms with van der Waals surface area (Å²) in [4.78, 5) is 20.6. The Hall–Kier alpha value is -1.92. The van der Waals surface area contributed by atoms with Crippen molar-refractivity contribution < 1.29 is 4.79 Å². The predicted molar refractivity (Wildman–Crippen MR) is 88.9 cm³/mol. The van der Waals surface area contributed by atoms with Gasteiger partial charge >= 0.3 is 0 Å². The van der Waals surface area contributed by atoms with Gasteiger partial charge in [-0.05, 0) is 5.56 Å². The number of nitrogens with zero attached hydrogens (tertiary/aromatic N) is 3. The van der Waals surface area contributed by atoms with Crippen LogP contribution in [0.1, 0.15) is 5.56 Å². The molecule has 0 radical (unpaired) electrons. The number of carbonyl (C=O) groups is 1. The van der Waals surface area contributed by atoms with Crippen molar-refractivity contribution in [1.29, 1.82) is 0 Å². The molecule has 1 amide bonds. The second-order valence-electron chi connectivity index (χ2n) is 5.33. The van der Waals surface area contributed by atoms with E-state index in [9.17, 15) is 4.79 Å². The molecule has 1 aromatic heterocycles. The summed E-state index contributed by atoms with van der Waals surface area (Å²) in [5, 5.41) is 5.78. The van der Waals surface area contributed by atoms with Crippen LogP contribution in [-0.4, -0.2) is 53.4 Å². The van der Waals surface area contributed by atoms with E-state index in [0.29, 0.717) is 6.54 Å². The molecule has 5 nitrogen and oxygen atoms in total. The molecular weight excluding hydrogens is 296 g/mol. The fourth-order valence-corrected chi connectivity index (χ4v) is 3.10. The molecule has 0 unspecified atom stereocenters. The maximum absolute atomic E-state index is 12.2. The van der Waals surface area contributed by atoms with Gasteiger partial charge in [-0.15, -0.1) is 11.3 Å². The minimum atomic E-state index is 0.148. The van der Waals surface area contributed by atoms with Crippen LogP contribution >= 0.6 is 11.3 Å². The van der Waals surface area contributed by atoms with E-state index in [1.165, 1.54) is 16.9 Å². The van der Waals surface area contributed by atoms with E-state index >= 15 is 0 Å². The summed E-state index contributed by atoms with van der Waals surface area (Å²) in [6, 6.07) is 10.5. The van der Waals surface area contributed by atoms with E-state index in [1.54, 1.807) is 6.20 Å². The van der Waals surface area contributed by atoms with Crippen LogP contribution < -0.4 is 5.32 Å². The summed E-state index contributed by atoms with van der Waals surface area (Å²) in [7, 11) is 0. The van der Waals surface area contributed by atoms with Crippen molar-refractivity contribution in [2.45, 2.75) is 6.54 Å². The first-order valence-corrected chi connectivity index (χ1v) is 8.36. The van der Waals surface area contributed by atoms with Gasteiger partial charge in [0.15, 0.2) is 5.13 Å². The van der Waals surface area contributed by atoms with Gasteiger partial charge in [0.1, 0.15) is 0 Å². The molecule has 1 aliphatic rings. The average Bonchev–Trinajstić information content (AvgIpc) is 3.08. The first kappa shape index (κ1) is 15.0. The molecule has 1 fully saturated rings. The van der Waals surface area contributed by atoms with Crippen LogP contribution in [0.15, 0.2) is 41.9 Å². The van der Waals surface area contributed by atoms with Gasteiger partial charge in [0, 0.05) is 44.3 Å². The molecule has 1 aromatic carbocycles. The second-order valence-corrected chi connectivity index (χ2v) is 6.23. The van der Waals surface area contributed by atoms with E-state index in [0.717, 1.165) is 37.9 Å². The third-order valence-electron chi connectivity index (χ3n) is 3.80. The van der Waals surface area contributed by atoms with E-state index in [1.807, 2.05) is 16.3 Å². The minimum absolute atomic E-state index is 0.148. The molecule has 1 saturated heterocycles. The standard InChI is InChI=1S/C16H20N4OS/c21-15(12-18-16-17-6-11-22-16)20-9-7-19(8-10-20)13-14-4-2-1-3-5-14/h1-6,11H,7-10,12-13H2,(H,17,18). The van der Waals surface area contributed by atoms with Gasteiger partial charge < -0.3 is 10.2 Å². The van der Waals surface area contributed by atoms with Crippen LogP contribution in [0.3, 0.4) is 0 Å². The van der Waals surface area contributed by atoms with Gasteiger partial charge in [-0.2, -0.15) is 0 Å². The van der Waals surface area contributed by atoms with Gasteiger partial charge in [0.05, 0.1) is 6.54 Å². The molecule has 1 aliphatic heterocycles. The zero-order valence-corrected chi connectivity index (χ0v) is 13.3. The highest BCUT2D eigenvalue weighted by Crippen LogP contribution is 2.11. The van der Waals surface area contributed by atoms with E-state index < -0.39 is 0 Å². The van der Waals surface area contributed by atoms with Gasteiger partial charge in [-0.1, -0.05) is 30.3 Å². The largest absolute Gasteiger partial charge is 0.352 e. The molecule has 0 bridgehead atoms. The normalized spacial score (nSPS) is 15.7. The number of amides is 1. The van der Waals surface area contributed by atoms with E-state index in [2.05, 4.69) is 39.5 Å². The second kappa shape index (κ2) is 7.38. The monoisotopic (exact) mass is 316 g/mol. The SMILES string of the molecule is O=C(CNc1nccs1)N1CCN(Cc2ccccc2)CC1. The summed E-state index contributed by atoms with van der Waals surface area (Å²) in [6.07, 6.45) is 1.74. The van der Waals surface area contributed by atoms with Crippen LogP contribution in [0.25, 0.3) is 0 Å². The zero-order chi connectivity index (χ0) is 15.2. The Morgan fingerprint density at radius 3 is 2.64 bits per heavy atom. The molecule has 22 heavy (non-hydrogen) atoms. The fourth-order valence-electron chi connectivity index (χ4n) is 2.57. The Morgan fingerprint density at radius 1 is 1.18 bits per heavy atom. The van der Waals surface area contributed by atoms with Crippen LogP contribution in [0.4, 0.5) is 5.13 Å². The molecule has 0 spiro atoms. The predicted octanol–water partition coefficient (Wildman–Crippen LogP) is 1.90. The fraction of sp³-hybridized carbons (Fsp3) is 0.375. The number of hydrogen-bond donors (Lipinski definition) is 1. The summed E-state index contributed by atoms with van der Waals surface area (Å²) >= 11 is 1.51. The van der Waals surface area contributed by atoms with Crippen molar-refractivity contribution in [3.8, 4) is 0 Å². The Kier molecular flexibility index (Phi) is 5.03. The molecule has 2 aromatic rings. The highest BCUT2D eigenvalue weighted by molar-refractivity contribution is 7.13. The Morgan fingerprint density at radius 2 is 1.95 bits per heavy atom. The number of nitrogens with one attached hydrogen (secondary N) is 1. The highest BCUT2D eigenvalue weighted by Gasteiger charge is 2.20. The van der Waals surface area contributed by atoms with Crippen molar-refractivity contribution in [2.24, 2.45) is 0 Å². The van der Waals surface area contributed by atoms with Crippen LogP contribution in [0.5, 0.6) is 0 Å². The number of benzene rings is 1. The van der Waals surface area contributed by atoms with Crippen molar-refractivity contribution in [1.82, 2.24) is 14.8 Å². The molecule has 116 valence electrons. The van der Waals surface area contributed by atoms with Crippen LogP contribution in [-0.2, 0) is 11.3 Å². The number of carbonyl (C=O) groups excluding carboxylic acids is 1. The van der Waals surface area contributed by atoms with Gasteiger partial charge in [-0.25, -0.2) is 4.98 Å². The average molecular weight is 316 g/mol. The van der Waals surface area contributed by atoms with Gasteiger partial charge in [0.25, 0.3) is 0 Å². The Balaban J connectivity index is 1.42. The maximum Gasteiger partial charge on any atom is 0.242 e. The third-order valence-corrected chi connectivity index (χ3v) is 4.53. The number of rotatable bonds is 5. The lowest BCUT2D eigenvalue weighted by molar-refractivity contribution is -0.131. The number of anilines is 1. The zero-order valence-electron chi connectivity index (χ0n) is 12.4. The van der Waals surface area contributed by atoms with Gasteiger partial charge in [0.2, 0.25) is 5.91 Å². The van der Waals surface area contributed by atoms with Crippen molar-refractivity contribution >= 4 is 22.4 Å². The topological polar surface area (TPSA) is 48.5 Å². The third kappa shape index (κ3) is 4.05. The van der Waals surface area contributed by atoms with Crippen LogP contribution in [0.2, 0.25) is 0 Å². The quantitative estimate of drug-likeness (QED) is 0.915. The molecule has 3 rings (SSSR count). The molecule has 6 heteroatoms. The molecule has 0 aliphatic carbocycles. The summed E-state index contributed by atoms with van der Waals surface area (Å²) < 4.78 is 0. The lowest BCUT2D eigenvalue weighted by atomic mass is 10.2. The molecule has 2 heterocycles. The lowest BCUT2D eigenvalue weighted by Crippen LogP contribution is -2.49. The summed E-state index contributed by atoms with van der Waals surface area (Å²) in [5.41, 5.74) is 1.33. The smallest absolute Gasteiger partial charge is 0.242 e. The lowest BCUT2D eigenvalue weighted by Gasteiger charge is -2.34. The molecule has 1 N–H and O–H groups in total. The van der Waals surface area contributed by atoms with E-state index in [-0.39, 0.29) is 5.91 Å². The van der Waals surface area contributed by atoms with Gasteiger partial charge in [-0.3, -0.25) is 9.69 Å². The number of thiazole rings is 1. The van der Waals surface area contributed by atoms with E-state index in [4.69, 9.17) is 0 Å². The minimum Gasteiger partial charge on any atom is -0.352 e. The molecule has 0 saturated carbocycles. The summed E-state index contributed by atoms with van der Waals surface area (Å²) in [6.45, 7) is 4.73.